The number of rotatable bonds is 35. The number of carbonyl (C=O) groups is 5. The van der Waals surface area contributed by atoms with Crippen molar-refractivity contribution >= 4 is 60.3 Å². The Bertz CT molecular complexity index is 5300. The first-order valence-corrected chi connectivity index (χ1v) is 44.6. The summed E-state index contributed by atoms with van der Waals surface area (Å²) in [5, 5.41) is 1.23. The molecule has 0 saturated carbocycles. The van der Waals surface area contributed by atoms with E-state index in [-0.39, 0.29) is 67.5 Å². The van der Waals surface area contributed by atoms with Gasteiger partial charge < -0.3 is 70.7 Å². The average molecular weight is 1720 g/mol. The number of hydrogen-bond acceptors (Lipinski definition) is 21. The molecule has 0 N–H and O–H groups in total. The lowest BCUT2D eigenvalue weighted by Crippen LogP contribution is -2.69. The van der Waals surface area contributed by atoms with E-state index in [1.165, 1.54) is 0 Å². The van der Waals surface area contributed by atoms with Crippen LogP contribution in [0.1, 0.15) is 94.8 Å². The van der Waals surface area contributed by atoms with E-state index in [1.807, 2.05) is 188 Å². The fourth-order valence-corrected chi connectivity index (χ4v) is 21.4. The summed E-state index contributed by atoms with van der Waals surface area (Å²) in [6.45, 7) is 5.40. The van der Waals surface area contributed by atoms with Crippen molar-refractivity contribution in [1.29, 1.82) is 0 Å². The summed E-state index contributed by atoms with van der Waals surface area (Å²) in [5.41, 5.74) is 2.57. The second-order valence-electron chi connectivity index (χ2n) is 31.4. The molecule has 0 aromatic heterocycles. The molecule has 0 unspecified atom stereocenters. The number of benzene rings is 12. The molecule has 3 heterocycles. The largest absolute Gasteiger partial charge is 0.452 e. The monoisotopic (exact) mass is 1710 g/mol. The van der Waals surface area contributed by atoms with Gasteiger partial charge in [-0.15, -0.1) is 0 Å². The van der Waals surface area contributed by atoms with Crippen molar-refractivity contribution in [3.8, 4) is 0 Å². The Hall–Kier alpha value is -11.8. The Morgan fingerprint density at radius 1 is 0.288 bits per heavy atom. The predicted molar refractivity (Wildman–Crippen MR) is 472 cm³/mol. The van der Waals surface area contributed by atoms with Gasteiger partial charge in [-0.25, -0.2) is 24.0 Å². The first-order chi connectivity index (χ1) is 61.2. The lowest BCUT2D eigenvalue weighted by molar-refractivity contribution is -0.370. The molecule has 15 rings (SSSR count). The van der Waals surface area contributed by atoms with Crippen LogP contribution in [0.25, 0.3) is 0 Å². The van der Waals surface area contributed by atoms with Crippen LogP contribution >= 0.6 is 11.8 Å². The van der Waals surface area contributed by atoms with Gasteiger partial charge in [0.15, 0.2) is 43.1 Å². The van der Waals surface area contributed by atoms with Gasteiger partial charge in [-0.05, 0) is 110 Å². The Morgan fingerprint density at radius 2 is 0.592 bits per heavy atom. The second-order valence-corrected chi connectivity index (χ2v) is 36.9. The van der Waals surface area contributed by atoms with Crippen molar-refractivity contribution < 1.29 is 94.7 Å². The summed E-state index contributed by atoms with van der Waals surface area (Å²) in [5.74, 6) is -4.19. The number of thioether (sulfide) groups is 1. The Morgan fingerprint density at radius 3 is 0.992 bits per heavy atom. The molecule has 0 amide bonds. The molecule has 125 heavy (non-hydrogen) atoms. The van der Waals surface area contributed by atoms with Gasteiger partial charge in [0.2, 0.25) is 0 Å². The first-order valence-electron chi connectivity index (χ1n) is 41.8. The summed E-state index contributed by atoms with van der Waals surface area (Å²) in [6.07, 6.45) is -21.3. The SMILES string of the molecule is CC(C)(C)[Si](OC[C@H]1O[C@@H](OC[C@H]2O[C@@H](Sc3ccccc3)[C@H](OC(=O)c3ccccc3)[C@@H](OC(=O)c3ccccc3)[C@@H]2OC(=O)c2ccccc2)[C@H](OC(=O)c2ccccc2)[C@@H](O[C@@H]2O[C@H](COCc3ccccc3)[C@@H](OCc3ccccc3)[C@H](OCc3ccccc3)[C@H]2OC(=O)c2ccccc2)[C@@H]1OCc1ccccc1)(c1ccccc1)c1ccccc1. The van der Waals surface area contributed by atoms with Crippen molar-refractivity contribution in [1.82, 2.24) is 0 Å². The zero-order chi connectivity index (χ0) is 86.2. The molecule has 20 nitrogen and oxygen atoms in total. The predicted octanol–water partition coefficient (Wildman–Crippen LogP) is 17.0. The highest BCUT2D eigenvalue weighted by Crippen LogP contribution is 2.43. The van der Waals surface area contributed by atoms with Gasteiger partial charge in [-0.3, -0.25) is 0 Å². The van der Waals surface area contributed by atoms with Crippen LogP contribution < -0.4 is 10.4 Å². The maximum absolute atomic E-state index is 15.8. The van der Waals surface area contributed by atoms with Gasteiger partial charge in [-0.1, -0.05) is 324 Å². The smallest absolute Gasteiger partial charge is 0.338 e. The van der Waals surface area contributed by atoms with Gasteiger partial charge in [-0.2, -0.15) is 0 Å². The molecule has 0 aliphatic carbocycles. The molecule has 3 fully saturated rings. The van der Waals surface area contributed by atoms with E-state index in [0.717, 1.165) is 44.4 Å². The molecule has 0 spiro atoms. The van der Waals surface area contributed by atoms with Crippen molar-refractivity contribution in [3.05, 3.63) is 414 Å². The summed E-state index contributed by atoms with van der Waals surface area (Å²) in [6, 6.07) is 109. The molecule has 0 radical (unpaired) electrons. The minimum atomic E-state index is -3.62. The Kier molecular flexibility index (Phi) is 30.4. The summed E-state index contributed by atoms with van der Waals surface area (Å²) in [7, 11) is -3.62. The third-order valence-corrected chi connectivity index (χ3v) is 28.0. The molecule has 22 heteroatoms. The van der Waals surface area contributed by atoms with Gasteiger partial charge in [0.1, 0.15) is 48.2 Å². The van der Waals surface area contributed by atoms with E-state index >= 15 is 19.2 Å². The van der Waals surface area contributed by atoms with Crippen molar-refractivity contribution in [2.75, 3.05) is 19.8 Å². The van der Waals surface area contributed by atoms with E-state index in [9.17, 15) is 4.79 Å². The van der Waals surface area contributed by atoms with Crippen molar-refractivity contribution in [3.63, 3.8) is 0 Å². The van der Waals surface area contributed by atoms with Crippen LogP contribution in [-0.4, -0.2) is 149 Å². The molecule has 640 valence electrons. The Labute approximate surface area is 732 Å². The molecule has 12 aromatic carbocycles. The second kappa shape index (κ2) is 43.2. The van der Waals surface area contributed by atoms with Gasteiger partial charge in [0.05, 0.1) is 74.1 Å². The summed E-state index contributed by atoms with van der Waals surface area (Å²) >= 11 is 1.15. The standard InChI is InChI=1S/C103H98O20SSi/c1-103(2,3)125(81-60-36-14-37-61-81,82-62-38-15-39-63-82)114-70-85-87(111-66-73-44-20-6-21-45-73)90(123-101-92(120-97(106)77-52-28-10-29-53-77)89(112-67-74-46-22-7-23-47-74)86(110-65-72-42-18-5-19-43-72)83(116-101)68-109-64-71-40-16-4-17-41-71)93(121-98(107)78-54-30-11-31-55-78)100(115-85)113-69-84-88(118-95(104)75-48-24-8-25-49-75)91(119-96(105)76-50-26-9-27-51-76)94(122-99(108)79-56-32-12-33-57-79)102(117-84)124-80-58-34-13-35-59-80/h4-63,83-94,100-102H,64-70H2,1-3H3/t83-,84-,85-,86-,87-,88-,89+,90+,91+,92-,93-,94-,100-,101+,102+/m1/s1. The van der Waals surface area contributed by atoms with E-state index in [4.69, 9.17) is 70.7 Å². The maximum atomic E-state index is 15.8. The molecule has 3 aliphatic rings. The van der Waals surface area contributed by atoms with Crippen LogP contribution in [0.3, 0.4) is 0 Å². The van der Waals surface area contributed by atoms with Crippen molar-refractivity contribution in [2.45, 2.75) is 148 Å². The summed E-state index contributed by atoms with van der Waals surface area (Å²) in [4.78, 5) is 77.2. The topological polar surface area (TPSA) is 224 Å². The van der Waals surface area contributed by atoms with E-state index < -0.39 is 141 Å². The van der Waals surface area contributed by atoms with Crippen LogP contribution in [0, 0.1) is 0 Å². The number of esters is 5. The minimum Gasteiger partial charge on any atom is -0.452 e. The van der Waals surface area contributed by atoms with Crippen molar-refractivity contribution in [2.24, 2.45) is 0 Å². The fourth-order valence-electron chi connectivity index (χ4n) is 15.7. The molecule has 3 saturated heterocycles. The third kappa shape index (κ3) is 22.6. The third-order valence-electron chi connectivity index (χ3n) is 21.9. The number of hydrogen-bond donors (Lipinski definition) is 0. The van der Waals surface area contributed by atoms with Gasteiger partial charge >= 0.3 is 29.8 Å². The molecule has 3 aliphatic heterocycles. The zero-order valence-corrected chi connectivity index (χ0v) is 71.1. The highest BCUT2D eigenvalue weighted by Gasteiger charge is 2.60. The van der Waals surface area contributed by atoms with E-state index in [1.54, 1.807) is 152 Å². The van der Waals surface area contributed by atoms with E-state index in [0.29, 0.717) is 4.90 Å². The lowest BCUT2D eigenvalue weighted by atomic mass is 9.95. The average Bonchev–Trinajstić information content (AvgIpc) is 0.742. The summed E-state index contributed by atoms with van der Waals surface area (Å²) < 4.78 is 108. The number of ether oxygens (including phenoxy) is 14. The van der Waals surface area contributed by atoms with Gasteiger partial charge in [0.25, 0.3) is 8.32 Å². The van der Waals surface area contributed by atoms with E-state index in [2.05, 4.69) is 45.0 Å². The normalized spacial score (nSPS) is 22.5. The molecule has 15 atom stereocenters. The highest BCUT2D eigenvalue weighted by molar-refractivity contribution is 7.99. The van der Waals surface area contributed by atoms with Crippen LogP contribution in [-0.2, 0) is 97.2 Å². The van der Waals surface area contributed by atoms with Gasteiger partial charge in [0, 0.05) is 4.90 Å². The van der Waals surface area contributed by atoms with Crippen LogP contribution in [0.2, 0.25) is 5.04 Å². The maximum Gasteiger partial charge on any atom is 0.338 e. The minimum absolute atomic E-state index is 0.0342. The Balaban J connectivity index is 0.920. The van der Waals surface area contributed by atoms with Crippen LogP contribution in [0.15, 0.2) is 369 Å². The quantitative estimate of drug-likeness (QED) is 0.0204. The first kappa shape index (κ1) is 88.0. The van der Waals surface area contributed by atoms with Crippen LogP contribution in [0.4, 0.5) is 0 Å². The lowest BCUT2D eigenvalue weighted by Gasteiger charge is -2.51. The van der Waals surface area contributed by atoms with Crippen LogP contribution in [0.5, 0.6) is 0 Å². The zero-order valence-electron chi connectivity index (χ0n) is 69.3. The molecule has 12 aromatic rings. The molecule has 0 bridgehead atoms. The molecular formula is C103H98O20SSi. The number of carbonyl (C=O) groups excluding carboxylic acids is 5. The fraction of sp³-hybridized carbons (Fsp3) is 0.252. The molecular weight excluding hydrogens is 1620 g/mol. The highest BCUT2D eigenvalue weighted by atomic mass is 32.2.